The van der Waals surface area contributed by atoms with Crippen molar-refractivity contribution >= 4 is 27.5 Å². The summed E-state index contributed by atoms with van der Waals surface area (Å²) in [4.78, 5) is 1.07. The van der Waals surface area contributed by atoms with Crippen LogP contribution in [-0.2, 0) is 10.0 Å². The molecular weight excluding hydrogens is 256 g/mol. The molecular formula is C11H16N2O2S2. The van der Waals surface area contributed by atoms with Gasteiger partial charge < -0.3 is 5.32 Å². The topological polar surface area (TPSA) is 72.2 Å². The Hall–Kier alpha value is -0.980. The number of sulfonamides is 1. The van der Waals surface area contributed by atoms with Crippen LogP contribution in [0.4, 0.5) is 5.69 Å². The summed E-state index contributed by atoms with van der Waals surface area (Å²) in [5.41, 5.74) is 0.919. The SMILES string of the molecule is C=CCSc1ccccc1NCCS(N)(=O)=O. The summed E-state index contributed by atoms with van der Waals surface area (Å²) in [7, 11) is -3.41. The monoisotopic (exact) mass is 272 g/mol. The van der Waals surface area contributed by atoms with E-state index in [0.29, 0.717) is 6.54 Å². The molecule has 0 unspecified atom stereocenters. The molecule has 0 aromatic heterocycles. The normalized spacial score (nSPS) is 11.1. The predicted octanol–water partition coefficient (Wildman–Crippen LogP) is 1.67. The van der Waals surface area contributed by atoms with Crippen LogP contribution in [-0.4, -0.2) is 26.5 Å². The number of primary sulfonamides is 1. The molecule has 0 aliphatic heterocycles. The Labute approximate surface area is 106 Å². The van der Waals surface area contributed by atoms with Gasteiger partial charge in [-0.2, -0.15) is 0 Å². The molecule has 3 N–H and O–H groups in total. The molecule has 17 heavy (non-hydrogen) atoms. The van der Waals surface area contributed by atoms with Gasteiger partial charge in [-0.1, -0.05) is 18.2 Å². The van der Waals surface area contributed by atoms with E-state index in [1.165, 1.54) is 0 Å². The molecule has 1 rings (SSSR count). The zero-order valence-corrected chi connectivity index (χ0v) is 11.1. The zero-order chi connectivity index (χ0) is 12.7. The highest BCUT2D eigenvalue weighted by Crippen LogP contribution is 2.26. The number of hydrogen-bond donors (Lipinski definition) is 2. The smallest absolute Gasteiger partial charge is 0.210 e. The summed E-state index contributed by atoms with van der Waals surface area (Å²) >= 11 is 1.64. The fourth-order valence-corrected chi connectivity index (χ4v) is 2.37. The number of benzene rings is 1. The molecule has 1 aromatic carbocycles. The quantitative estimate of drug-likeness (QED) is 0.585. The number of para-hydroxylation sites is 1. The standard InChI is InChI=1S/C11H16N2O2S2/c1-2-8-16-11-6-4-3-5-10(11)13-7-9-17(12,14)15/h2-6,13H,1,7-9H2,(H2,12,14,15). The zero-order valence-electron chi connectivity index (χ0n) is 9.43. The fraction of sp³-hybridized carbons (Fsp3) is 0.273. The highest BCUT2D eigenvalue weighted by molar-refractivity contribution is 7.99. The van der Waals surface area contributed by atoms with Crippen LogP contribution in [0.1, 0.15) is 0 Å². The molecule has 4 nitrogen and oxygen atoms in total. The molecule has 0 atom stereocenters. The molecule has 1 aromatic rings. The molecule has 0 bridgehead atoms. The van der Waals surface area contributed by atoms with Crippen molar-refractivity contribution in [3.63, 3.8) is 0 Å². The van der Waals surface area contributed by atoms with Crippen LogP contribution in [0.15, 0.2) is 41.8 Å². The number of anilines is 1. The number of nitrogens with two attached hydrogens (primary N) is 1. The van der Waals surface area contributed by atoms with Gasteiger partial charge in [0.1, 0.15) is 0 Å². The van der Waals surface area contributed by atoms with Crippen molar-refractivity contribution in [3.8, 4) is 0 Å². The largest absolute Gasteiger partial charge is 0.383 e. The molecule has 0 saturated carbocycles. The van der Waals surface area contributed by atoms with Crippen molar-refractivity contribution in [3.05, 3.63) is 36.9 Å². The van der Waals surface area contributed by atoms with Crippen LogP contribution in [0.2, 0.25) is 0 Å². The Morgan fingerprint density at radius 1 is 1.41 bits per heavy atom. The van der Waals surface area contributed by atoms with Gasteiger partial charge in [-0.05, 0) is 12.1 Å². The van der Waals surface area contributed by atoms with Crippen LogP contribution >= 0.6 is 11.8 Å². The van der Waals surface area contributed by atoms with Crippen LogP contribution < -0.4 is 10.5 Å². The molecule has 94 valence electrons. The first-order valence-electron chi connectivity index (χ1n) is 5.10. The minimum absolute atomic E-state index is 0.0759. The van der Waals surface area contributed by atoms with Crippen LogP contribution in [0.25, 0.3) is 0 Å². The lowest BCUT2D eigenvalue weighted by molar-refractivity contribution is 0.598. The van der Waals surface area contributed by atoms with E-state index in [1.54, 1.807) is 11.8 Å². The molecule has 0 radical (unpaired) electrons. The highest BCUT2D eigenvalue weighted by Gasteiger charge is 2.04. The lowest BCUT2D eigenvalue weighted by atomic mass is 10.3. The van der Waals surface area contributed by atoms with Gasteiger partial charge in [0.05, 0.1) is 5.75 Å². The summed E-state index contributed by atoms with van der Waals surface area (Å²) in [6, 6.07) is 7.73. The number of hydrogen-bond acceptors (Lipinski definition) is 4. The Morgan fingerprint density at radius 2 is 2.12 bits per heavy atom. The Kier molecular flexibility index (Phi) is 5.54. The van der Waals surface area contributed by atoms with Crippen molar-refractivity contribution in [2.45, 2.75) is 4.90 Å². The maximum Gasteiger partial charge on any atom is 0.210 e. The summed E-state index contributed by atoms with van der Waals surface area (Å²) in [6.45, 7) is 3.97. The molecule has 6 heteroatoms. The first kappa shape index (κ1) is 14.1. The third kappa shape index (κ3) is 5.76. The van der Waals surface area contributed by atoms with E-state index < -0.39 is 10.0 Å². The van der Waals surface area contributed by atoms with E-state index in [4.69, 9.17) is 5.14 Å². The Morgan fingerprint density at radius 3 is 2.76 bits per heavy atom. The molecule has 0 saturated heterocycles. The average Bonchev–Trinajstić information content (AvgIpc) is 2.26. The second-order valence-corrected chi connectivity index (χ2v) is 6.19. The van der Waals surface area contributed by atoms with Crippen molar-refractivity contribution in [2.75, 3.05) is 23.4 Å². The van der Waals surface area contributed by atoms with Crippen LogP contribution in [0.5, 0.6) is 0 Å². The van der Waals surface area contributed by atoms with Crippen molar-refractivity contribution in [2.24, 2.45) is 5.14 Å². The van der Waals surface area contributed by atoms with Crippen LogP contribution in [0, 0.1) is 0 Å². The second kappa shape index (κ2) is 6.68. The third-order valence-corrected chi connectivity index (χ3v) is 3.79. The highest BCUT2D eigenvalue weighted by atomic mass is 32.2. The van der Waals surface area contributed by atoms with E-state index in [-0.39, 0.29) is 5.75 Å². The Balaban J connectivity index is 2.60. The van der Waals surface area contributed by atoms with Crippen molar-refractivity contribution in [1.29, 1.82) is 0 Å². The van der Waals surface area contributed by atoms with E-state index in [9.17, 15) is 8.42 Å². The Bertz CT molecular complexity index is 472. The van der Waals surface area contributed by atoms with Crippen molar-refractivity contribution in [1.82, 2.24) is 0 Å². The number of thioether (sulfide) groups is 1. The molecule has 0 aliphatic carbocycles. The van der Waals surface area contributed by atoms with Gasteiger partial charge in [0.25, 0.3) is 0 Å². The van der Waals surface area contributed by atoms with Gasteiger partial charge in [-0.3, -0.25) is 0 Å². The fourth-order valence-electron chi connectivity index (χ4n) is 1.22. The maximum atomic E-state index is 10.8. The van der Waals surface area contributed by atoms with Gasteiger partial charge in [0.15, 0.2) is 0 Å². The minimum atomic E-state index is -3.41. The van der Waals surface area contributed by atoms with Gasteiger partial charge in [-0.25, -0.2) is 13.6 Å². The third-order valence-electron chi connectivity index (χ3n) is 1.95. The number of rotatable bonds is 7. The second-order valence-electron chi connectivity index (χ2n) is 3.39. The molecule has 0 heterocycles. The lowest BCUT2D eigenvalue weighted by Gasteiger charge is -2.10. The predicted molar refractivity (Wildman–Crippen MR) is 73.8 cm³/mol. The summed E-state index contributed by atoms with van der Waals surface area (Å²) in [6.07, 6.45) is 1.83. The summed E-state index contributed by atoms with van der Waals surface area (Å²) in [5, 5.41) is 8.00. The summed E-state index contributed by atoms with van der Waals surface area (Å²) < 4.78 is 21.6. The lowest BCUT2D eigenvalue weighted by Crippen LogP contribution is -2.22. The minimum Gasteiger partial charge on any atom is -0.383 e. The number of nitrogens with one attached hydrogen (secondary N) is 1. The first-order valence-corrected chi connectivity index (χ1v) is 7.80. The van der Waals surface area contributed by atoms with E-state index in [2.05, 4.69) is 11.9 Å². The van der Waals surface area contributed by atoms with Crippen LogP contribution in [0.3, 0.4) is 0 Å². The molecule has 0 spiro atoms. The molecule has 0 fully saturated rings. The van der Waals surface area contributed by atoms with Gasteiger partial charge in [-0.15, -0.1) is 18.3 Å². The van der Waals surface area contributed by atoms with Gasteiger partial charge in [0, 0.05) is 22.9 Å². The average molecular weight is 272 g/mol. The summed E-state index contributed by atoms with van der Waals surface area (Å²) in [5.74, 6) is 0.737. The molecule has 0 aliphatic rings. The van der Waals surface area contributed by atoms with E-state index >= 15 is 0 Å². The van der Waals surface area contributed by atoms with Gasteiger partial charge in [0.2, 0.25) is 10.0 Å². The molecule has 0 amide bonds. The van der Waals surface area contributed by atoms with Gasteiger partial charge >= 0.3 is 0 Å². The maximum absolute atomic E-state index is 10.8. The van der Waals surface area contributed by atoms with E-state index in [1.807, 2.05) is 30.3 Å². The van der Waals surface area contributed by atoms with E-state index in [0.717, 1.165) is 16.3 Å². The van der Waals surface area contributed by atoms with Crippen molar-refractivity contribution < 1.29 is 8.42 Å². The first-order chi connectivity index (χ1) is 8.03.